The number of nitrogens with one attached hydrogen (secondary N) is 2. The van der Waals surface area contributed by atoms with Gasteiger partial charge in [0.2, 0.25) is 0 Å². The predicted octanol–water partition coefficient (Wildman–Crippen LogP) is 5.36. The van der Waals surface area contributed by atoms with Crippen LogP contribution in [0.1, 0.15) is 38.5 Å². The summed E-state index contributed by atoms with van der Waals surface area (Å²) >= 11 is 0. The van der Waals surface area contributed by atoms with Crippen molar-refractivity contribution < 1.29 is 9.47 Å². The molecule has 2 N–H and O–H groups in total. The third-order valence-electron chi connectivity index (χ3n) is 5.54. The fourth-order valence-corrected chi connectivity index (χ4v) is 3.86. The van der Waals surface area contributed by atoms with Gasteiger partial charge in [-0.05, 0) is 61.1 Å². The first kappa shape index (κ1) is 20.3. The van der Waals surface area contributed by atoms with Crippen LogP contribution in [0.4, 0.5) is 11.4 Å². The lowest BCUT2D eigenvalue weighted by Gasteiger charge is -2.18. The van der Waals surface area contributed by atoms with E-state index < -0.39 is 0 Å². The summed E-state index contributed by atoms with van der Waals surface area (Å²) in [4.78, 5) is 9.16. The number of hydrogen-bond donors (Lipinski definition) is 2. The Bertz CT molecular complexity index is 875. The molecule has 0 bridgehead atoms. The first-order chi connectivity index (χ1) is 14.8. The topological polar surface area (TPSA) is 67.2 Å². The maximum atomic E-state index is 5.65. The number of anilines is 2. The minimum atomic E-state index is 0.804. The van der Waals surface area contributed by atoms with Crippen LogP contribution in [0.15, 0.2) is 46.4 Å². The van der Waals surface area contributed by atoms with E-state index in [4.69, 9.17) is 9.47 Å². The molecule has 0 aliphatic carbocycles. The Balaban J connectivity index is 1.56. The van der Waals surface area contributed by atoms with E-state index >= 15 is 0 Å². The van der Waals surface area contributed by atoms with E-state index in [1.165, 1.54) is 25.7 Å². The predicted molar refractivity (Wildman–Crippen MR) is 125 cm³/mol. The number of rotatable bonds is 5. The largest absolute Gasteiger partial charge is 0.495 e. The van der Waals surface area contributed by atoms with Crippen molar-refractivity contribution >= 4 is 23.0 Å². The van der Waals surface area contributed by atoms with Gasteiger partial charge in [-0.1, -0.05) is 12.1 Å². The van der Waals surface area contributed by atoms with E-state index in [9.17, 15) is 0 Å². The minimum Gasteiger partial charge on any atom is -0.495 e. The van der Waals surface area contributed by atoms with Crippen molar-refractivity contribution in [2.45, 2.75) is 38.5 Å². The van der Waals surface area contributed by atoms with E-state index in [2.05, 4.69) is 57.0 Å². The Labute approximate surface area is 178 Å². The molecule has 0 atom stereocenters. The van der Waals surface area contributed by atoms with Crippen molar-refractivity contribution in [2.24, 2.45) is 9.98 Å². The number of methoxy groups -OCH3 is 2. The first-order valence-corrected chi connectivity index (χ1v) is 10.7. The third kappa shape index (κ3) is 4.75. The highest BCUT2D eigenvalue weighted by Crippen LogP contribution is 2.35. The van der Waals surface area contributed by atoms with Gasteiger partial charge in [0.25, 0.3) is 0 Å². The van der Waals surface area contributed by atoms with Gasteiger partial charge in [-0.2, -0.15) is 0 Å². The molecule has 30 heavy (non-hydrogen) atoms. The number of benzene rings is 2. The number of aliphatic imine (C=N–C) groups is 2. The molecule has 0 fully saturated rings. The second kappa shape index (κ2) is 9.65. The molecular weight excluding hydrogens is 376 g/mol. The summed E-state index contributed by atoms with van der Waals surface area (Å²) < 4.78 is 11.3. The highest BCUT2D eigenvalue weighted by atomic mass is 16.5. The van der Waals surface area contributed by atoms with Crippen LogP contribution in [-0.2, 0) is 0 Å². The third-order valence-corrected chi connectivity index (χ3v) is 5.54. The van der Waals surface area contributed by atoms with Crippen molar-refractivity contribution in [1.82, 2.24) is 0 Å². The van der Waals surface area contributed by atoms with Crippen LogP contribution >= 0.6 is 0 Å². The number of amidine groups is 2. The van der Waals surface area contributed by atoms with Gasteiger partial charge in [0.15, 0.2) is 0 Å². The summed E-state index contributed by atoms with van der Waals surface area (Å²) in [5.41, 5.74) is 4.04. The molecule has 4 rings (SSSR count). The normalized spacial score (nSPS) is 16.3. The maximum absolute atomic E-state index is 5.65. The molecule has 0 amide bonds. The summed E-state index contributed by atoms with van der Waals surface area (Å²) in [7, 11) is 3.40. The second-order valence-corrected chi connectivity index (χ2v) is 7.65. The Hall–Kier alpha value is -3.02. The molecule has 0 saturated carbocycles. The van der Waals surface area contributed by atoms with Crippen LogP contribution in [0.25, 0.3) is 11.1 Å². The SMILES string of the molecule is COc1cc(-c2ccc(NC3=NCCCC3)c(OC)c2)ccc1NC1=NCCCC1. The Morgan fingerprint density at radius 2 is 1.13 bits per heavy atom. The fraction of sp³-hybridized carbons (Fsp3) is 0.417. The maximum Gasteiger partial charge on any atom is 0.142 e. The lowest BCUT2D eigenvalue weighted by atomic mass is 10.0. The summed E-state index contributed by atoms with van der Waals surface area (Å²) in [6.07, 6.45) is 6.67. The molecule has 6 nitrogen and oxygen atoms in total. The Morgan fingerprint density at radius 3 is 1.50 bits per heavy atom. The number of nitrogens with zero attached hydrogens (tertiary/aromatic N) is 2. The van der Waals surface area contributed by atoms with Crippen molar-refractivity contribution in [1.29, 1.82) is 0 Å². The molecule has 158 valence electrons. The molecular formula is C24H30N4O2. The van der Waals surface area contributed by atoms with E-state index in [0.717, 1.165) is 71.6 Å². The second-order valence-electron chi connectivity index (χ2n) is 7.65. The van der Waals surface area contributed by atoms with Gasteiger partial charge in [-0.3, -0.25) is 9.98 Å². The van der Waals surface area contributed by atoms with Gasteiger partial charge in [-0.15, -0.1) is 0 Å². The standard InChI is InChI=1S/C24H30N4O2/c1-29-21-15-17(9-11-19(21)27-23-7-3-5-13-25-23)18-10-12-20(22(16-18)30-2)28-24-8-4-6-14-26-24/h9-12,15-16H,3-8,13-14H2,1-2H3,(H,25,27)(H,26,28). The van der Waals surface area contributed by atoms with Gasteiger partial charge >= 0.3 is 0 Å². The average Bonchev–Trinajstić information content (AvgIpc) is 2.81. The van der Waals surface area contributed by atoms with Gasteiger partial charge in [-0.25, -0.2) is 0 Å². The lowest BCUT2D eigenvalue weighted by Crippen LogP contribution is -2.16. The van der Waals surface area contributed by atoms with Gasteiger partial charge in [0, 0.05) is 25.9 Å². The van der Waals surface area contributed by atoms with Crippen molar-refractivity contribution in [3.05, 3.63) is 36.4 Å². The van der Waals surface area contributed by atoms with Gasteiger partial charge < -0.3 is 20.1 Å². The van der Waals surface area contributed by atoms with Crippen LogP contribution in [0, 0.1) is 0 Å². The zero-order valence-electron chi connectivity index (χ0n) is 17.8. The van der Waals surface area contributed by atoms with E-state index in [-0.39, 0.29) is 0 Å². The average molecular weight is 407 g/mol. The van der Waals surface area contributed by atoms with Crippen molar-refractivity contribution in [2.75, 3.05) is 37.9 Å². The molecule has 0 unspecified atom stereocenters. The number of hydrogen-bond acceptors (Lipinski definition) is 6. The molecule has 2 aromatic rings. The van der Waals surface area contributed by atoms with Crippen LogP contribution in [0.3, 0.4) is 0 Å². The van der Waals surface area contributed by atoms with Crippen LogP contribution in [0.5, 0.6) is 11.5 Å². The highest BCUT2D eigenvalue weighted by molar-refractivity contribution is 5.98. The van der Waals surface area contributed by atoms with Crippen LogP contribution in [0.2, 0.25) is 0 Å². The van der Waals surface area contributed by atoms with Crippen molar-refractivity contribution in [3.63, 3.8) is 0 Å². The summed E-state index contributed by atoms with van der Waals surface area (Å²) in [6, 6.07) is 12.4. The van der Waals surface area contributed by atoms with E-state index in [1.807, 2.05) is 0 Å². The molecule has 2 aliphatic heterocycles. The molecule has 0 spiro atoms. The molecule has 6 heteroatoms. The van der Waals surface area contributed by atoms with Crippen LogP contribution in [-0.4, -0.2) is 39.0 Å². The summed E-state index contributed by atoms with van der Waals surface area (Å²) in [5.74, 6) is 3.68. The van der Waals surface area contributed by atoms with Crippen LogP contribution < -0.4 is 20.1 Å². The molecule has 0 radical (unpaired) electrons. The molecule has 2 aliphatic rings. The monoisotopic (exact) mass is 406 g/mol. The summed E-state index contributed by atoms with van der Waals surface area (Å²) in [5, 5.41) is 6.87. The summed E-state index contributed by atoms with van der Waals surface area (Å²) in [6.45, 7) is 1.80. The Kier molecular flexibility index (Phi) is 6.52. The minimum absolute atomic E-state index is 0.804. The van der Waals surface area contributed by atoms with E-state index in [0.29, 0.717) is 0 Å². The zero-order chi connectivity index (χ0) is 20.8. The molecule has 2 aromatic carbocycles. The molecule has 0 aromatic heterocycles. The fourth-order valence-electron chi connectivity index (χ4n) is 3.86. The van der Waals surface area contributed by atoms with Gasteiger partial charge in [0.1, 0.15) is 23.2 Å². The number of ether oxygens (including phenoxy) is 2. The van der Waals surface area contributed by atoms with Gasteiger partial charge in [0.05, 0.1) is 25.6 Å². The molecule has 0 saturated heterocycles. The smallest absolute Gasteiger partial charge is 0.142 e. The van der Waals surface area contributed by atoms with E-state index in [1.54, 1.807) is 14.2 Å². The lowest BCUT2D eigenvalue weighted by molar-refractivity contribution is 0.416. The first-order valence-electron chi connectivity index (χ1n) is 10.7. The quantitative estimate of drug-likeness (QED) is 0.701. The van der Waals surface area contributed by atoms with Crippen molar-refractivity contribution in [3.8, 4) is 22.6 Å². The highest BCUT2D eigenvalue weighted by Gasteiger charge is 2.13. The Morgan fingerprint density at radius 1 is 0.667 bits per heavy atom. The molecule has 2 heterocycles. The zero-order valence-corrected chi connectivity index (χ0v) is 17.8.